The maximum Gasteiger partial charge on any atom is 0.327 e. The molecule has 8 heteroatoms. The largest absolute Gasteiger partial charge is 0.497 e. The minimum Gasteiger partial charge on any atom is -0.497 e. The van der Waals surface area contributed by atoms with E-state index in [2.05, 4.69) is 10.3 Å². The monoisotopic (exact) mass is 291 g/mol. The Morgan fingerprint density at radius 3 is 2.48 bits per heavy atom. The number of methoxy groups -OCH3 is 2. The van der Waals surface area contributed by atoms with Crippen LogP contribution in [0.25, 0.3) is 0 Å². The minimum absolute atomic E-state index is 0.00776. The summed E-state index contributed by atoms with van der Waals surface area (Å²) in [6, 6.07) is 5.72. The summed E-state index contributed by atoms with van der Waals surface area (Å²) in [5, 5.41) is 2.42. The second-order valence-electron chi connectivity index (χ2n) is 4.02. The van der Waals surface area contributed by atoms with Crippen LogP contribution in [0.4, 0.5) is 5.82 Å². The fourth-order valence-corrected chi connectivity index (χ4v) is 1.71. The summed E-state index contributed by atoms with van der Waals surface area (Å²) in [7, 11) is 2.91. The van der Waals surface area contributed by atoms with Gasteiger partial charge in [0.05, 0.1) is 19.8 Å². The Balaban J connectivity index is 2.32. The first-order chi connectivity index (χ1) is 10.0. The van der Waals surface area contributed by atoms with Gasteiger partial charge in [0.25, 0.3) is 11.5 Å². The zero-order valence-corrected chi connectivity index (χ0v) is 11.4. The summed E-state index contributed by atoms with van der Waals surface area (Å²) in [6.45, 7) is 0. The normalized spacial score (nSPS) is 10.0. The van der Waals surface area contributed by atoms with Gasteiger partial charge < -0.3 is 14.8 Å². The quantitative estimate of drug-likeness (QED) is 0.751. The van der Waals surface area contributed by atoms with Gasteiger partial charge in [-0.25, -0.2) is 4.79 Å². The lowest BCUT2D eigenvalue weighted by Crippen LogP contribution is -2.24. The minimum atomic E-state index is -0.709. The van der Waals surface area contributed by atoms with Gasteiger partial charge in [0.1, 0.15) is 17.3 Å². The number of aromatic nitrogens is 2. The van der Waals surface area contributed by atoms with Crippen LogP contribution in [0, 0.1) is 0 Å². The molecule has 1 amide bonds. The average molecular weight is 291 g/mol. The first-order valence-electron chi connectivity index (χ1n) is 5.90. The Bertz CT molecular complexity index is 750. The van der Waals surface area contributed by atoms with E-state index in [1.807, 2.05) is 4.98 Å². The van der Waals surface area contributed by atoms with Crippen molar-refractivity contribution in [3.8, 4) is 11.5 Å². The number of hydrogen-bond acceptors (Lipinski definition) is 5. The molecule has 0 saturated heterocycles. The molecule has 0 aliphatic heterocycles. The van der Waals surface area contributed by atoms with Gasteiger partial charge in [0.15, 0.2) is 0 Å². The van der Waals surface area contributed by atoms with Gasteiger partial charge in [-0.3, -0.25) is 19.6 Å². The standard InChI is InChI=1S/C13H13N3O5/c1-20-7-3-4-8(9(5-7)21-2)12(18)14-10-6-11(17)16-13(19)15-10/h3-6H,1-2H3,(H3,14,15,16,17,18,19). The fraction of sp³-hybridized carbons (Fsp3) is 0.154. The van der Waals surface area contributed by atoms with Gasteiger partial charge in [-0.05, 0) is 12.1 Å². The number of H-pyrrole nitrogens is 2. The van der Waals surface area contributed by atoms with E-state index in [0.29, 0.717) is 11.5 Å². The zero-order chi connectivity index (χ0) is 15.4. The Morgan fingerprint density at radius 2 is 1.86 bits per heavy atom. The van der Waals surface area contributed by atoms with E-state index >= 15 is 0 Å². The van der Waals surface area contributed by atoms with E-state index in [-0.39, 0.29) is 11.4 Å². The molecule has 0 atom stereocenters. The molecule has 0 radical (unpaired) electrons. The smallest absolute Gasteiger partial charge is 0.327 e. The van der Waals surface area contributed by atoms with Gasteiger partial charge in [0.2, 0.25) is 0 Å². The maximum absolute atomic E-state index is 12.1. The SMILES string of the molecule is COc1ccc(C(=O)Nc2cc(=O)[nH]c(=O)[nH]2)c(OC)c1. The number of amides is 1. The van der Waals surface area contributed by atoms with Crippen molar-refractivity contribution in [2.24, 2.45) is 0 Å². The summed E-state index contributed by atoms with van der Waals surface area (Å²) in [6.07, 6.45) is 0. The number of ether oxygens (including phenoxy) is 2. The number of nitrogens with one attached hydrogen (secondary N) is 3. The van der Waals surface area contributed by atoms with Crippen LogP contribution in [0.1, 0.15) is 10.4 Å². The molecule has 1 aromatic carbocycles. The summed E-state index contributed by atoms with van der Waals surface area (Å²) in [4.78, 5) is 38.8. The molecule has 3 N–H and O–H groups in total. The Hall–Kier alpha value is -3.03. The number of aromatic amines is 2. The first kappa shape index (κ1) is 14.4. The Labute approximate surface area is 118 Å². The lowest BCUT2D eigenvalue weighted by Gasteiger charge is -2.10. The maximum atomic E-state index is 12.1. The topological polar surface area (TPSA) is 113 Å². The van der Waals surface area contributed by atoms with Gasteiger partial charge >= 0.3 is 5.69 Å². The third kappa shape index (κ3) is 3.30. The summed E-state index contributed by atoms with van der Waals surface area (Å²) >= 11 is 0. The molecule has 0 saturated carbocycles. The Kier molecular flexibility index (Phi) is 4.07. The third-order valence-corrected chi connectivity index (χ3v) is 2.66. The molecular weight excluding hydrogens is 278 g/mol. The molecule has 0 fully saturated rings. The molecule has 0 aliphatic carbocycles. The fourth-order valence-electron chi connectivity index (χ4n) is 1.71. The van der Waals surface area contributed by atoms with Crippen molar-refractivity contribution in [1.82, 2.24) is 9.97 Å². The van der Waals surface area contributed by atoms with Crippen LogP contribution in [0.2, 0.25) is 0 Å². The number of hydrogen-bond donors (Lipinski definition) is 3. The van der Waals surface area contributed by atoms with E-state index in [1.165, 1.54) is 20.3 Å². The predicted octanol–water partition coefficient (Wildman–Crippen LogP) is 0.333. The van der Waals surface area contributed by atoms with Crippen LogP contribution in [-0.2, 0) is 0 Å². The van der Waals surface area contributed by atoms with Crippen LogP contribution in [0.3, 0.4) is 0 Å². The number of carbonyl (C=O) groups excluding carboxylic acids is 1. The number of rotatable bonds is 4. The molecule has 0 unspecified atom stereocenters. The highest BCUT2D eigenvalue weighted by Gasteiger charge is 2.14. The lowest BCUT2D eigenvalue weighted by molar-refractivity contribution is 0.102. The van der Waals surface area contributed by atoms with Crippen LogP contribution in [-0.4, -0.2) is 30.1 Å². The number of anilines is 1. The van der Waals surface area contributed by atoms with Gasteiger partial charge in [-0.2, -0.15) is 0 Å². The molecule has 0 aliphatic rings. The highest BCUT2D eigenvalue weighted by Crippen LogP contribution is 2.24. The van der Waals surface area contributed by atoms with Crippen molar-refractivity contribution in [2.75, 3.05) is 19.5 Å². The lowest BCUT2D eigenvalue weighted by atomic mass is 10.1. The second-order valence-corrected chi connectivity index (χ2v) is 4.02. The predicted molar refractivity (Wildman–Crippen MR) is 75.2 cm³/mol. The third-order valence-electron chi connectivity index (χ3n) is 2.66. The van der Waals surface area contributed by atoms with E-state index < -0.39 is 17.2 Å². The molecule has 0 spiro atoms. The van der Waals surface area contributed by atoms with Crippen molar-refractivity contribution in [2.45, 2.75) is 0 Å². The van der Waals surface area contributed by atoms with Crippen molar-refractivity contribution in [3.05, 3.63) is 50.7 Å². The first-order valence-corrected chi connectivity index (χ1v) is 5.90. The summed E-state index contributed by atoms with van der Waals surface area (Å²) in [5.74, 6) is 0.300. The highest BCUT2D eigenvalue weighted by atomic mass is 16.5. The molecular formula is C13H13N3O5. The van der Waals surface area contributed by atoms with Crippen LogP contribution >= 0.6 is 0 Å². The number of carbonyl (C=O) groups is 1. The molecule has 110 valence electrons. The van der Waals surface area contributed by atoms with Crippen molar-refractivity contribution < 1.29 is 14.3 Å². The summed E-state index contributed by atoms with van der Waals surface area (Å²) in [5.41, 5.74) is -1.09. The van der Waals surface area contributed by atoms with Crippen molar-refractivity contribution in [3.63, 3.8) is 0 Å². The highest BCUT2D eigenvalue weighted by molar-refractivity contribution is 6.05. The van der Waals surface area contributed by atoms with Crippen LogP contribution < -0.4 is 26.0 Å². The Morgan fingerprint density at radius 1 is 1.10 bits per heavy atom. The number of benzene rings is 1. The van der Waals surface area contributed by atoms with Gasteiger partial charge in [-0.1, -0.05) is 0 Å². The molecule has 0 bridgehead atoms. The second kappa shape index (κ2) is 5.95. The van der Waals surface area contributed by atoms with Crippen LogP contribution in [0.5, 0.6) is 11.5 Å². The van der Waals surface area contributed by atoms with Gasteiger partial charge in [0, 0.05) is 12.1 Å². The van der Waals surface area contributed by atoms with E-state index in [0.717, 1.165) is 6.07 Å². The van der Waals surface area contributed by atoms with Crippen molar-refractivity contribution >= 4 is 11.7 Å². The van der Waals surface area contributed by atoms with E-state index in [4.69, 9.17) is 9.47 Å². The molecule has 8 nitrogen and oxygen atoms in total. The zero-order valence-electron chi connectivity index (χ0n) is 11.4. The van der Waals surface area contributed by atoms with Gasteiger partial charge in [-0.15, -0.1) is 0 Å². The summed E-state index contributed by atoms with van der Waals surface area (Å²) < 4.78 is 10.1. The molecule has 21 heavy (non-hydrogen) atoms. The van der Waals surface area contributed by atoms with E-state index in [9.17, 15) is 14.4 Å². The molecule has 1 aromatic heterocycles. The molecule has 2 aromatic rings. The average Bonchev–Trinajstić information content (AvgIpc) is 2.45. The molecule has 1 heterocycles. The van der Waals surface area contributed by atoms with E-state index in [1.54, 1.807) is 12.1 Å². The van der Waals surface area contributed by atoms with Crippen molar-refractivity contribution in [1.29, 1.82) is 0 Å². The van der Waals surface area contributed by atoms with Crippen LogP contribution in [0.15, 0.2) is 33.9 Å². The molecule has 2 rings (SSSR count).